The van der Waals surface area contributed by atoms with Crippen LogP contribution in [-0.4, -0.2) is 28.7 Å². The Labute approximate surface area is 175 Å². The monoisotopic (exact) mass is 427 g/mol. The zero-order valence-corrected chi connectivity index (χ0v) is 15.8. The summed E-state index contributed by atoms with van der Waals surface area (Å²) >= 11 is 0. The summed E-state index contributed by atoms with van der Waals surface area (Å²) in [6, 6.07) is 8.35. The van der Waals surface area contributed by atoms with Gasteiger partial charge in [0.15, 0.2) is 0 Å². The zero-order valence-electron chi connectivity index (χ0n) is 15.8. The number of carbonyl (C=O) groups is 1. The molecule has 2 aromatic rings. The molecule has 1 aromatic carbocycles. The van der Waals surface area contributed by atoms with Crippen LogP contribution in [0, 0.1) is 27.6 Å². The number of pyridine rings is 1. The van der Waals surface area contributed by atoms with Crippen LogP contribution in [0.3, 0.4) is 0 Å². The first-order chi connectivity index (χ1) is 14.7. The smallest absolute Gasteiger partial charge is 0.380 e. The van der Waals surface area contributed by atoms with Gasteiger partial charge in [-0.15, -0.1) is 0 Å². The number of nitrogens with zero attached hydrogens (tertiary/aromatic N) is 2. The van der Waals surface area contributed by atoms with Crippen molar-refractivity contribution in [2.45, 2.75) is 12.7 Å². The first-order valence-electron chi connectivity index (χ1n) is 8.61. The largest absolute Gasteiger partial charge is 0.433 e. The minimum atomic E-state index is -4.54. The standard InChI is InChI=1S/C20H16F3N7O/c21-20(22,23)17-6-4-13(11-29-17)10-28-16-5-3-12(9-25)8-14(16)18(27)30-19(31)15(26)2-1-7-24/h1-8,11,24,26,28H,10H2,(H2,27,30,31)/b2-1-,24-7?,26-15?. The number of amides is 1. The first kappa shape index (κ1) is 23.0. The second-order valence-electron chi connectivity index (χ2n) is 6.04. The molecule has 0 fully saturated rings. The highest BCUT2D eigenvalue weighted by molar-refractivity contribution is 6.45. The minimum absolute atomic E-state index is 0.0726. The molecule has 0 aliphatic rings. The molecule has 0 saturated carbocycles. The molecule has 11 heteroatoms. The lowest BCUT2D eigenvalue weighted by atomic mass is 10.1. The van der Waals surface area contributed by atoms with Gasteiger partial charge in [-0.1, -0.05) is 6.07 Å². The molecule has 8 nitrogen and oxygen atoms in total. The zero-order chi connectivity index (χ0) is 23.0. The maximum Gasteiger partial charge on any atom is 0.433 e. The molecule has 0 saturated heterocycles. The average Bonchev–Trinajstić information content (AvgIpc) is 2.75. The van der Waals surface area contributed by atoms with Crippen LogP contribution in [0.5, 0.6) is 0 Å². The quantitative estimate of drug-likeness (QED) is 0.340. The molecule has 1 heterocycles. The van der Waals surface area contributed by atoms with Crippen LogP contribution < -0.4 is 10.6 Å². The SMILES string of the molecule is N#Cc1ccc(NCc2ccc(C(F)(F)F)nc2)c(C(=N)NC(=O)C(=N)/C=C\C=N)c1. The van der Waals surface area contributed by atoms with Crippen molar-refractivity contribution in [1.29, 1.82) is 21.5 Å². The van der Waals surface area contributed by atoms with Crippen LogP contribution in [0.15, 0.2) is 48.7 Å². The van der Waals surface area contributed by atoms with Gasteiger partial charge >= 0.3 is 6.18 Å². The topological polar surface area (TPSA) is 149 Å². The Kier molecular flexibility index (Phi) is 7.35. The van der Waals surface area contributed by atoms with E-state index in [1.807, 2.05) is 6.07 Å². The van der Waals surface area contributed by atoms with E-state index >= 15 is 0 Å². The maximum absolute atomic E-state index is 12.6. The first-order valence-corrected chi connectivity index (χ1v) is 8.61. The molecule has 0 spiro atoms. The van der Waals surface area contributed by atoms with Crippen LogP contribution in [0.4, 0.5) is 18.9 Å². The van der Waals surface area contributed by atoms with E-state index in [1.54, 1.807) is 0 Å². The molecular weight excluding hydrogens is 411 g/mol. The lowest BCUT2D eigenvalue weighted by Gasteiger charge is -2.14. The lowest BCUT2D eigenvalue weighted by Crippen LogP contribution is -2.35. The third-order valence-corrected chi connectivity index (χ3v) is 3.86. The van der Waals surface area contributed by atoms with Crippen molar-refractivity contribution in [3.05, 3.63) is 71.1 Å². The van der Waals surface area contributed by atoms with Crippen molar-refractivity contribution in [1.82, 2.24) is 10.3 Å². The molecular formula is C20H16F3N7O. The molecule has 31 heavy (non-hydrogen) atoms. The van der Waals surface area contributed by atoms with Crippen molar-refractivity contribution >= 4 is 29.4 Å². The Balaban J connectivity index is 2.19. The number of alkyl halides is 3. The van der Waals surface area contributed by atoms with Gasteiger partial charge in [-0.2, -0.15) is 18.4 Å². The highest BCUT2D eigenvalue weighted by atomic mass is 19.4. The second-order valence-corrected chi connectivity index (χ2v) is 6.04. The number of hydrogen-bond acceptors (Lipinski definition) is 7. The highest BCUT2D eigenvalue weighted by Crippen LogP contribution is 2.27. The maximum atomic E-state index is 12.6. The number of anilines is 1. The fourth-order valence-corrected chi connectivity index (χ4v) is 2.34. The number of carbonyl (C=O) groups excluding carboxylic acids is 1. The van der Waals surface area contributed by atoms with E-state index in [0.29, 0.717) is 11.3 Å². The molecule has 0 atom stereocenters. The molecule has 0 aliphatic carbocycles. The van der Waals surface area contributed by atoms with Gasteiger partial charge in [-0.05, 0) is 42.0 Å². The van der Waals surface area contributed by atoms with E-state index in [4.69, 9.17) is 21.5 Å². The molecule has 5 N–H and O–H groups in total. The van der Waals surface area contributed by atoms with E-state index in [0.717, 1.165) is 24.6 Å². The number of amidine groups is 1. The third-order valence-electron chi connectivity index (χ3n) is 3.86. The molecule has 0 aliphatic heterocycles. The third kappa shape index (κ3) is 6.33. The number of rotatable bonds is 7. The summed E-state index contributed by atoms with van der Waals surface area (Å²) in [4.78, 5) is 15.4. The summed E-state index contributed by atoms with van der Waals surface area (Å²) in [6.45, 7) is 0.0726. The summed E-state index contributed by atoms with van der Waals surface area (Å²) < 4.78 is 37.9. The molecule has 0 bridgehead atoms. The predicted molar refractivity (Wildman–Crippen MR) is 108 cm³/mol. The number of benzene rings is 1. The van der Waals surface area contributed by atoms with E-state index in [1.165, 1.54) is 30.3 Å². The van der Waals surface area contributed by atoms with Gasteiger partial charge < -0.3 is 16.0 Å². The Morgan fingerprint density at radius 1 is 1.23 bits per heavy atom. The van der Waals surface area contributed by atoms with Gasteiger partial charge in [0, 0.05) is 30.2 Å². The van der Waals surface area contributed by atoms with Gasteiger partial charge in [0.25, 0.3) is 5.91 Å². The van der Waals surface area contributed by atoms with Gasteiger partial charge in [-0.25, -0.2) is 0 Å². The average molecular weight is 427 g/mol. The van der Waals surface area contributed by atoms with E-state index in [2.05, 4.69) is 15.6 Å². The van der Waals surface area contributed by atoms with Crippen molar-refractivity contribution in [2.24, 2.45) is 0 Å². The van der Waals surface area contributed by atoms with E-state index < -0.39 is 23.5 Å². The fraction of sp³-hybridized carbons (Fsp3) is 0.100. The van der Waals surface area contributed by atoms with Gasteiger partial charge in [-0.3, -0.25) is 20.6 Å². The van der Waals surface area contributed by atoms with Crippen molar-refractivity contribution in [3.8, 4) is 6.07 Å². The number of hydrogen-bond donors (Lipinski definition) is 5. The van der Waals surface area contributed by atoms with Gasteiger partial charge in [0.1, 0.15) is 17.2 Å². The van der Waals surface area contributed by atoms with Crippen molar-refractivity contribution < 1.29 is 18.0 Å². The molecule has 1 amide bonds. The summed E-state index contributed by atoms with van der Waals surface area (Å²) in [7, 11) is 0. The molecule has 158 valence electrons. The number of allylic oxidation sites excluding steroid dienone is 1. The van der Waals surface area contributed by atoms with Crippen LogP contribution in [0.25, 0.3) is 0 Å². The molecule has 2 rings (SSSR count). The normalized spacial score (nSPS) is 10.9. The Morgan fingerprint density at radius 2 is 1.97 bits per heavy atom. The second kappa shape index (κ2) is 9.93. The summed E-state index contributed by atoms with van der Waals surface area (Å²) in [5, 5.41) is 36.9. The minimum Gasteiger partial charge on any atom is -0.380 e. The summed E-state index contributed by atoms with van der Waals surface area (Å²) in [5.41, 5.74) is -0.344. The lowest BCUT2D eigenvalue weighted by molar-refractivity contribution is -0.141. The van der Waals surface area contributed by atoms with Crippen molar-refractivity contribution in [3.63, 3.8) is 0 Å². The Hall–Kier alpha value is -4.33. The van der Waals surface area contributed by atoms with Crippen LogP contribution in [-0.2, 0) is 17.5 Å². The number of nitrogens with one attached hydrogen (secondary N) is 5. The van der Waals surface area contributed by atoms with Crippen LogP contribution in [0.1, 0.15) is 22.4 Å². The van der Waals surface area contributed by atoms with Gasteiger partial charge in [0.2, 0.25) is 0 Å². The van der Waals surface area contributed by atoms with E-state index in [9.17, 15) is 18.0 Å². The van der Waals surface area contributed by atoms with Crippen LogP contribution >= 0.6 is 0 Å². The Morgan fingerprint density at radius 3 is 2.55 bits per heavy atom. The molecule has 1 aromatic heterocycles. The summed E-state index contributed by atoms with van der Waals surface area (Å²) in [5.74, 6) is -1.27. The predicted octanol–water partition coefficient (Wildman–Crippen LogP) is 3.25. The molecule has 0 radical (unpaired) electrons. The fourth-order valence-electron chi connectivity index (χ4n) is 2.34. The van der Waals surface area contributed by atoms with Crippen LogP contribution in [0.2, 0.25) is 0 Å². The Bertz CT molecular complexity index is 1080. The van der Waals surface area contributed by atoms with Crippen molar-refractivity contribution in [2.75, 3.05) is 5.32 Å². The van der Waals surface area contributed by atoms with E-state index in [-0.39, 0.29) is 23.5 Å². The van der Waals surface area contributed by atoms with Gasteiger partial charge in [0.05, 0.1) is 11.6 Å². The highest BCUT2D eigenvalue weighted by Gasteiger charge is 2.31. The molecule has 0 unspecified atom stereocenters. The summed E-state index contributed by atoms with van der Waals surface area (Å²) in [6.07, 6.45) is -0.322. The number of nitriles is 1. The number of halogens is 3. The number of aromatic nitrogens is 1.